The topological polar surface area (TPSA) is 32.3 Å². The van der Waals surface area contributed by atoms with Gasteiger partial charge in [-0.2, -0.15) is 11.8 Å². The molecule has 0 unspecified atom stereocenters. The summed E-state index contributed by atoms with van der Waals surface area (Å²) in [6.07, 6.45) is 2.24. The number of thioether (sulfide) groups is 1. The van der Waals surface area contributed by atoms with Crippen molar-refractivity contribution in [2.75, 3.05) is 16.8 Å². The molecule has 0 radical (unpaired) electrons. The third-order valence-electron chi connectivity index (χ3n) is 2.54. The first-order valence-electron chi connectivity index (χ1n) is 5.08. The van der Waals surface area contributed by atoms with Crippen LogP contribution in [0.5, 0.6) is 5.75 Å². The molecule has 2 nitrogen and oxygen atoms in total. The summed E-state index contributed by atoms with van der Waals surface area (Å²) in [4.78, 5) is 0. The maximum Gasteiger partial charge on any atom is 0.166 e. The molecule has 0 amide bonds. The van der Waals surface area contributed by atoms with Crippen LogP contribution in [0.25, 0.3) is 0 Å². The largest absolute Gasteiger partial charge is 0.505 e. The van der Waals surface area contributed by atoms with E-state index < -0.39 is 5.82 Å². The fourth-order valence-electron chi connectivity index (χ4n) is 1.67. The van der Waals surface area contributed by atoms with Crippen LogP contribution >= 0.6 is 11.8 Å². The van der Waals surface area contributed by atoms with Crippen LogP contribution in [-0.4, -0.2) is 22.7 Å². The minimum absolute atomic E-state index is 0.292. The number of nitrogens with one attached hydrogen (secondary N) is 1. The number of aromatic hydroxyl groups is 1. The van der Waals surface area contributed by atoms with E-state index in [1.54, 1.807) is 6.07 Å². The van der Waals surface area contributed by atoms with E-state index in [0.717, 1.165) is 30.0 Å². The second kappa shape index (κ2) is 4.75. The Labute approximate surface area is 92.9 Å². The van der Waals surface area contributed by atoms with E-state index in [0.29, 0.717) is 6.04 Å². The molecule has 1 aliphatic rings. The number of phenols is 1. The van der Waals surface area contributed by atoms with E-state index in [4.69, 9.17) is 5.11 Å². The zero-order valence-electron chi connectivity index (χ0n) is 8.37. The molecule has 1 heterocycles. The predicted octanol–water partition coefficient (Wildman–Crippen LogP) is 2.84. The number of phenolic OH excluding ortho intramolecular Hbond substituents is 1. The van der Waals surface area contributed by atoms with Crippen molar-refractivity contribution < 1.29 is 9.50 Å². The van der Waals surface area contributed by atoms with Crippen molar-refractivity contribution >= 4 is 17.4 Å². The number of hydrogen-bond donors (Lipinski definition) is 2. The van der Waals surface area contributed by atoms with Gasteiger partial charge in [-0.1, -0.05) is 0 Å². The van der Waals surface area contributed by atoms with Gasteiger partial charge in [-0.3, -0.25) is 0 Å². The summed E-state index contributed by atoms with van der Waals surface area (Å²) in [5, 5.41) is 12.3. The fraction of sp³-hybridized carbons (Fsp3) is 0.455. The molecule has 1 aliphatic heterocycles. The quantitative estimate of drug-likeness (QED) is 0.762. The average Bonchev–Trinajstić information content (AvgIpc) is 2.25. The first-order chi connectivity index (χ1) is 7.25. The highest BCUT2D eigenvalue weighted by Gasteiger charge is 2.13. The Morgan fingerprint density at radius 3 is 2.73 bits per heavy atom. The summed E-state index contributed by atoms with van der Waals surface area (Å²) in [5.74, 6) is 1.47. The lowest BCUT2D eigenvalue weighted by atomic mass is 10.1. The summed E-state index contributed by atoms with van der Waals surface area (Å²) in [6, 6.07) is 4.88. The van der Waals surface area contributed by atoms with Crippen molar-refractivity contribution in [3.05, 3.63) is 24.0 Å². The fourth-order valence-corrected chi connectivity index (χ4v) is 2.78. The highest BCUT2D eigenvalue weighted by Crippen LogP contribution is 2.23. The third kappa shape index (κ3) is 2.78. The number of halogens is 1. The van der Waals surface area contributed by atoms with Gasteiger partial charge in [-0.15, -0.1) is 0 Å². The summed E-state index contributed by atoms with van der Waals surface area (Å²) in [5.41, 5.74) is 0.752. The Morgan fingerprint density at radius 1 is 1.33 bits per heavy atom. The Hall–Kier alpha value is -0.900. The van der Waals surface area contributed by atoms with E-state index in [-0.39, 0.29) is 5.75 Å². The summed E-state index contributed by atoms with van der Waals surface area (Å²) in [7, 11) is 0. The van der Waals surface area contributed by atoms with Crippen molar-refractivity contribution in [2.24, 2.45) is 0 Å². The van der Waals surface area contributed by atoms with Crippen LogP contribution in [0, 0.1) is 5.82 Å². The van der Waals surface area contributed by atoms with E-state index in [2.05, 4.69) is 5.32 Å². The lowest BCUT2D eigenvalue weighted by Gasteiger charge is -2.23. The molecule has 1 aromatic rings. The molecule has 0 bridgehead atoms. The van der Waals surface area contributed by atoms with E-state index in [1.807, 2.05) is 11.8 Å². The molecule has 82 valence electrons. The van der Waals surface area contributed by atoms with E-state index >= 15 is 0 Å². The molecule has 1 aromatic carbocycles. The molecule has 0 atom stereocenters. The second-order valence-corrected chi connectivity index (χ2v) is 4.92. The lowest BCUT2D eigenvalue weighted by Crippen LogP contribution is -2.24. The molecule has 2 rings (SSSR count). The van der Waals surface area contributed by atoms with Gasteiger partial charge in [0.25, 0.3) is 0 Å². The minimum Gasteiger partial charge on any atom is -0.505 e. The van der Waals surface area contributed by atoms with Gasteiger partial charge in [0, 0.05) is 17.8 Å². The Kier molecular flexibility index (Phi) is 3.36. The number of hydrogen-bond acceptors (Lipinski definition) is 3. The Morgan fingerprint density at radius 2 is 2.07 bits per heavy atom. The standard InChI is InChI=1S/C11H14FNOS/c12-10-7-9(1-2-11(10)14)13-8-3-5-15-6-4-8/h1-2,7-8,13-14H,3-6H2. The SMILES string of the molecule is Oc1ccc(NC2CCSCC2)cc1F. The maximum absolute atomic E-state index is 13.0. The predicted molar refractivity (Wildman–Crippen MR) is 62.0 cm³/mol. The molecular weight excluding hydrogens is 213 g/mol. The zero-order valence-corrected chi connectivity index (χ0v) is 9.19. The van der Waals surface area contributed by atoms with Crippen molar-refractivity contribution in [1.82, 2.24) is 0 Å². The first-order valence-corrected chi connectivity index (χ1v) is 6.24. The van der Waals surface area contributed by atoms with Crippen LogP contribution in [0.2, 0.25) is 0 Å². The van der Waals surface area contributed by atoms with Crippen molar-refractivity contribution in [1.29, 1.82) is 0 Å². The molecule has 4 heteroatoms. The minimum atomic E-state index is -0.565. The van der Waals surface area contributed by atoms with Gasteiger partial charge >= 0.3 is 0 Å². The molecule has 0 aromatic heterocycles. The van der Waals surface area contributed by atoms with Crippen LogP contribution in [0.3, 0.4) is 0 Å². The van der Waals surface area contributed by atoms with Gasteiger partial charge in [0.05, 0.1) is 0 Å². The van der Waals surface area contributed by atoms with Crippen LogP contribution < -0.4 is 5.32 Å². The van der Waals surface area contributed by atoms with Crippen LogP contribution in [0.4, 0.5) is 10.1 Å². The van der Waals surface area contributed by atoms with Crippen molar-refractivity contribution in [3.8, 4) is 5.75 Å². The first kappa shape index (κ1) is 10.6. The highest BCUT2D eigenvalue weighted by atomic mass is 32.2. The van der Waals surface area contributed by atoms with Crippen molar-refractivity contribution in [2.45, 2.75) is 18.9 Å². The Bertz CT molecular complexity index is 339. The molecule has 2 N–H and O–H groups in total. The average molecular weight is 227 g/mol. The number of benzene rings is 1. The normalized spacial score (nSPS) is 17.7. The maximum atomic E-state index is 13.0. The Balaban J connectivity index is 2.00. The smallest absolute Gasteiger partial charge is 0.166 e. The summed E-state index contributed by atoms with van der Waals surface area (Å²) < 4.78 is 13.0. The molecular formula is C11H14FNOS. The number of anilines is 1. The monoisotopic (exact) mass is 227 g/mol. The van der Waals surface area contributed by atoms with Gasteiger partial charge in [-0.05, 0) is 36.5 Å². The van der Waals surface area contributed by atoms with Gasteiger partial charge < -0.3 is 10.4 Å². The molecule has 1 fully saturated rings. The second-order valence-electron chi connectivity index (χ2n) is 3.70. The molecule has 15 heavy (non-hydrogen) atoms. The number of rotatable bonds is 2. The van der Waals surface area contributed by atoms with Crippen LogP contribution in [-0.2, 0) is 0 Å². The lowest BCUT2D eigenvalue weighted by molar-refractivity contribution is 0.432. The summed E-state index contributed by atoms with van der Waals surface area (Å²) in [6.45, 7) is 0. The van der Waals surface area contributed by atoms with Gasteiger partial charge in [0.15, 0.2) is 11.6 Å². The van der Waals surface area contributed by atoms with Crippen LogP contribution in [0.1, 0.15) is 12.8 Å². The van der Waals surface area contributed by atoms with E-state index in [1.165, 1.54) is 12.1 Å². The van der Waals surface area contributed by atoms with Gasteiger partial charge in [0.2, 0.25) is 0 Å². The van der Waals surface area contributed by atoms with Gasteiger partial charge in [0.1, 0.15) is 0 Å². The third-order valence-corrected chi connectivity index (χ3v) is 3.59. The molecule has 0 aliphatic carbocycles. The van der Waals surface area contributed by atoms with E-state index in [9.17, 15) is 4.39 Å². The molecule has 0 saturated carbocycles. The van der Waals surface area contributed by atoms with Gasteiger partial charge in [-0.25, -0.2) is 4.39 Å². The zero-order chi connectivity index (χ0) is 10.7. The van der Waals surface area contributed by atoms with Crippen molar-refractivity contribution in [3.63, 3.8) is 0 Å². The summed E-state index contributed by atoms with van der Waals surface area (Å²) >= 11 is 1.96. The van der Waals surface area contributed by atoms with Crippen LogP contribution in [0.15, 0.2) is 18.2 Å². The molecule has 1 saturated heterocycles. The highest BCUT2D eigenvalue weighted by molar-refractivity contribution is 7.99. The molecule has 0 spiro atoms.